The van der Waals surface area contributed by atoms with Crippen molar-refractivity contribution in [1.82, 2.24) is 4.98 Å². The van der Waals surface area contributed by atoms with Gasteiger partial charge in [-0.05, 0) is 48.7 Å². The van der Waals surface area contributed by atoms with Crippen molar-refractivity contribution in [3.05, 3.63) is 47.7 Å². The average Bonchev–Trinajstić information content (AvgIpc) is 2.45. The lowest BCUT2D eigenvalue weighted by molar-refractivity contribution is 0.271. The largest absolute Gasteiger partial charge is 0.493 e. The van der Waals surface area contributed by atoms with Crippen LogP contribution in [-0.2, 0) is 6.54 Å². The summed E-state index contributed by atoms with van der Waals surface area (Å²) in [5.74, 6) is 1.43. The smallest absolute Gasteiger partial charge is 0.119 e. The second-order valence-corrected chi connectivity index (χ2v) is 5.37. The summed E-state index contributed by atoms with van der Waals surface area (Å²) in [5, 5.41) is 0. The molecule has 0 fully saturated rings. The molecule has 0 aliphatic rings. The van der Waals surface area contributed by atoms with Crippen LogP contribution in [0.2, 0.25) is 0 Å². The molecular formula is C17H22N2O. The topological polar surface area (TPSA) is 48.1 Å². The van der Waals surface area contributed by atoms with Crippen LogP contribution in [0.5, 0.6) is 5.75 Å². The highest BCUT2D eigenvalue weighted by atomic mass is 16.5. The van der Waals surface area contributed by atoms with Gasteiger partial charge in [0.15, 0.2) is 0 Å². The predicted octanol–water partition coefficient (Wildman–Crippen LogP) is 3.55. The minimum atomic E-state index is 0.529. The summed E-state index contributed by atoms with van der Waals surface area (Å²) in [6, 6.07) is 12.1. The van der Waals surface area contributed by atoms with Gasteiger partial charge in [-0.3, -0.25) is 4.98 Å². The standard InChI is InChI=1S/C17H22N2O/c1-12(2)11-20-16-7-4-14(5-8-16)17-9-6-15(10-18)13(3)19-17/h4-9,12H,10-11,18H2,1-3H3. The van der Waals surface area contributed by atoms with Crippen LogP contribution in [0.4, 0.5) is 0 Å². The van der Waals surface area contributed by atoms with Gasteiger partial charge in [0.25, 0.3) is 0 Å². The second kappa shape index (κ2) is 6.53. The van der Waals surface area contributed by atoms with Gasteiger partial charge in [-0.25, -0.2) is 0 Å². The number of ether oxygens (including phenoxy) is 1. The molecule has 2 rings (SSSR count). The van der Waals surface area contributed by atoms with Gasteiger partial charge in [0.05, 0.1) is 12.3 Å². The number of nitrogens with zero attached hydrogens (tertiary/aromatic N) is 1. The molecule has 1 aromatic heterocycles. The molecule has 0 saturated heterocycles. The second-order valence-electron chi connectivity index (χ2n) is 5.37. The zero-order chi connectivity index (χ0) is 14.5. The first-order valence-corrected chi connectivity index (χ1v) is 7.00. The van der Waals surface area contributed by atoms with Crippen molar-refractivity contribution in [2.45, 2.75) is 27.3 Å². The fourth-order valence-corrected chi connectivity index (χ4v) is 1.95. The quantitative estimate of drug-likeness (QED) is 0.903. The first-order chi connectivity index (χ1) is 9.60. The van der Waals surface area contributed by atoms with E-state index in [0.29, 0.717) is 12.5 Å². The van der Waals surface area contributed by atoms with E-state index in [2.05, 4.69) is 18.8 Å². The first-order valence-electron chi connectivity index (χ1n) is 7.00. The molecule has 20 heavy (non-hydrogen) atoms. The normalized spacial score (nSPS) is 10.8. The Morgan fingerprint density at radius 1 is 1.10 bits per heavy atom. The van der Waals surface area contributed by atoms with E-state index in [-0.39, 0.29) is 0 Å². The van der Waals surface area contributed by atoms with Gasteiger partial charge in [0.1, 0.15) is 5.75 Å². The Bertz CT molecular complexity index is 562. The van der Waals surface area contributed by atoms with Crippen LogP contribution >= 0.6 is 0 Å². The highest BCUT2D eigenvalue weighted by molar-refractivity contribution is 5.60. The molecule has 1 heterocycles. The monoisotopic (exact) mass is 270 g/mol. The van der Waals surface area contributed by atoms with E-state index >= 15 is 0 Å². The molecular weight excluding hydrogens is 248 g/mol. The molecule has 0 aliphatic carbocycles. The number of aromatic nitrogens is 1. The van der Waals surface area contributed by atoms with Crippen LogP contribution in [0, 0.1) is 12.8 Å². The van der Waals surface area contributed by atoms with E-state index in [1.54, 1.807) is 0 Å². The lowest BCUT2D eigenvalue weighted by atomic mass is 10.1. The van der Waals surface area contributed by atoms with Crippen molar-refractivity contribution in [3.63, 3.8) is 0 Å². The molecule has 0 aliphatic heterocycles. The Morgan fingerprint density at radius 3 is 2.35 bits per heavy atom. The predicted molar refractivity (Wildman–Crippen MR) is 82.6 cm³/mol. The number of aryl methyl sites for hydroxylation is 1. The van der Waals surface area contributed by atoms with Crippen molar-refractivity contribution in [2.24, 2.45) is 11.7 Å². The van der Waals surface area contributed by atoms with Crippen LogP contribution in [0.3, 0.4) is 0 Å². The van der Waals surface area contributed by atoms with Gasteiger partial charge in [-0.15, -0.1) is 0 Å². The minimum Gasteiger partial charge on any atom is -0.493 e. The van der Waals surface area contributed by atoms with E-state index in [1.165, 1.54) is 0 Å². The van der Waals surface area contributed by atoms with Gasteiger partial charge in [-0.1, -0.05) is 19.9 Å². The molecule has 3 heteroatoms. The Hall–Kier alpha value is -1.87. The molecule has 0 atom stereocenters. The molecule has 0 radical (unpaired) electrons. The molecule has 0 spiro atoms. The maximum absolute atomic E-state index is 5.68. The highest BCUT2D eigenvalue weighted by Crippen LogP contribution is 2.22. The third kappa shape index (κ3) is 3.58. The van der Waals surface area contributed by atoms with E-state index in [1.807, 2.05) is 43.3 Å². The van der Waals surface area contributed by atoms with Crippen molar-refractivity contribution in [3.8, 4) is 17.0 Å². The van der Waals surface area contributed by atoms with Crippen molar-refractivity contribution < 1.29 is 4.74 Å². The SMILES string of the molecule is Cc1nc(-c2ccc(OCC(C)C)cc2)ccc1CN. The summed E-state index contributed by atoms with van der Waals surface area (Å²) in [7, 11) is 0. The van der Waals surface area contributed by atoms with Crippen molar-refractivity contribution >= 4 is 0 Å². The number of pyridine rings is 1. The highest BCUT2D eigenvalue weighted by Gasteiger charge is 2.04. The minimum absolute atomic E-state index is 0.529. The number of nitrogens with two attached hydrogens (primary N) is 1. The summed E-state index contributed by atoms with van der Waals surface area (Å²) in [5.41, 5.74) is 9.80. The number of hydrogen-bond acceptors (Lipinski definition) is 3. The molecule has 106 valence electrons. The van der Waals surface area contributed by atoms with Gasteiger partial charge in [0.2, 0.25) is 0 Å². The Morgan fingerprint density at radius 2 is 1.80 bits per heavy atom. The van der Waals surface area contributed by atoms with E-state index in [9.17, 15) is 0 Å². The fraction of sp³-hybridized carbons (Fsp3) is 0.353. The van der Waals surface area contributed by atoms with Crippen LogP contribution < -0.4 is 10.5 Å². The maximum atomic E-state index is 5.68. The molecule has 3 nitrogen and oxygen atoms in total. The molecule has 2 aromatic rings. The zero-order valence-corrected chi connectivity index (χ0v) is 12.4. The van der Waals surface area contributed by atoms with Crippen molar-refractivity contribution in [1.29, 1.82) is 0 Å². The molecule has 0 bridgehead atoms. The van der Waals surface area contributed by atoms with E-state index in [0.717, 1.165) is 34.9 Å². The van der Waals surface area contributed by atoms with Crippen LogP contribution in [0.1, 0.15) is 25.1 Å². The third-order valence-electron chi connectivity index (χ3n) is 3.15. The Balaban J connectivity index is 2.15. The zero-order valence-electron chi connectivity index (χ0n) is 12.4. The number of rotatable bonds is 5. The molecule has 0 saturated carbocycles. The summed E-state index contributed by atoms with van der Waals surface area (Å²) >= 11 is 0. The van der Waals surface area contributed by atoms with Gasteiger partial charge < -0.3 is 10.5 Å². The third-order valence-corrected chi connectivity index (χ3v) is 3.15. The van der Waals surface area contributed by atoms with Crippen LogP contribution in [-0.4, -0.2) is 11.6 Å². The number of benzene rings is 1. The lowest BCUT2D eigenvalue weighted by Crippen LogP contribution is -2.04. The van der Waals surface area contributed by atoms with Gasteiger partial charge in [0, 0.05) is 17.8 Å². The van der Waals surface area contributed by atoms with E-state index in [4.69, 9.17) is 10.5 Å². The van der Waals surface area contributed by atoms with Crippen molar-refractivity contribution in [2.75, 3.05) is 6.61 Å². The molecule has 1 aromatic carbocycles. The van der Waals surface area contributed by atoms with Crippen LogP contribution in [0.15, 0.2) is 36.4 Å². The van der Waals surface area contributed by atoms with Crippen LogP contribution in [0.25, 0.3) is 11.3 Å². The van der Waals surface area contributed by atoms with Gasteiger partial charge >= 0.3 is 0 Å². The van der Waals surface area contributed by atoms with Gasteiger partial charge in [-0.2, -0.15) is 0 Å². The van der Waals surface area contributed by atoms with E-state index < -0.39 is 0 Å². The number of hydrogen-bond donors (Lipinski definition) is 1. The summed E-state index contributed by atoms with van der Waals surface area (Å²) in [4.78, 5) is 4.60. The average molecular weight is 270 g/mol. The lowest BCUT2D eigenvalue weighted by Gasteiger charge is -2.10. The summed E-state index contributed by atoms with van der Waals surface area (Å²) in [6.07, 6.45) is 0. The summed E-state index contributed by atoms with van der Waals surface area (Å²) in [6.45, 7) is 7.54. The first kappa shape index (κ1) is 14.5. The molecule has 2 N–H and O–H groups in total. The fourth-order valence-electron chi connectivity index (χ4n) is 1.95. The Kier molecular flexibility index (Phi) is 4.74. The summed E-state index contributed by atoms with van der Waals surface area (Å²) < 4.78 is 5.68. The Labute approximate surface area is 120 Å². The maximum Gasteiger partial charge on any atom is 0.119 e. The molecule has 0 unspecified atom stereocenters. The molecule has 0 amide bonds.